The average molecular weight is 449 g/mol. The highest BCUT2D eigenvalue weighted by atomic mass is 16.4. The fraction of sp³-hybridized carbons (Fsp3) is 0.706. The highest BCUT2D eigenvalue weighted by molar-refractivity contribution is 5.96. The first kappa shape index (κ1) is 28.2. The Morgan fingerprint density at radius 2 is 1.39 bits per heavy atom. The molecule has 10 N–H and O–H groups in total. The first-order valence-corrected chi connectivity index (χ1v) is 9.36. The Morgan fingerprint density at radius 3 is 1.81 bits per heavy atom. The van der Waals surface area contributed by atoms with Gasteiger partial charge >= 0.3 is 5.97 Å². The monoisotopic (exact) mass is 449 g/mol. The highest BCUT2D eigenvalue weighted by Crippen LogP contribution is 2.08. The minimum Gasteiger partial charge on any atom is -0.479 e. The third-order valence-electron chi connectivity index (χ3n) is 4.38. The molecular formula is C17H31N5O9. The van der Waals surface area contributed by atoms with E-state index in [1.807, 2.05) is 10.6 Å². The number of likely N-dealkylation sites (N-methyl/N-ethyl adjacent to an activating group) is 1. The van der Waals surface area contributed by atoms with Crippen LogP contribution in [0.4, 0.5) is 0 Å². The van der Waals surface area contributed by atoms with Crippen molar-refractivity contribution in [3.8, 4) is 0 Å². The quantitative estimate of drug-likeness (QED) is 0.137. The van der Waals surface area contributed by atoms with Crippen molar-refractivity contribution >= 4 is 29.6 Å². The molecule has 0 aromatic rings. The van der Waals surface area contributed by atoms with Crippen LogP contribution in [0.1, 0.15) is 20.8 Å². The van der Waals surface area contributed by atoms with Crippen LogP contribution in [0.3, 0.4) is 0 Å². The van der Waals surface area contributed by atoms with Crippen LogP contribution in [0.25, 0.3) is 0 Å². The number of carbonyl (C=O) groups excluding carboxylic acids is 4. The maximum atomic E-state index is 12.6. The van der Waals surface area contributed by atoms with Crippen molar-refractivity contribution in [1.82, 2.24) is 21.3 Å². The largest absolute Gasteiger partial charge is 0.479 e. The standard InChI is InChI=1S/C17H31N5O9/c1-6(12(25)7(2)18)14(27)22-11(13(26)17(30)31)16(29)21-10(8(3)23)15(28)20-5-9(24)19-4/h6-8,10-13,23,25-26H,5,18H2,1-4H3,(H,19,24)(H,20,28)(H,21,29)(H,22,27)(H,30,31). The topological polar surface area (TPSA) is 240 Å². The Morgan fingerprint density at radius 1 is 0.871 bits per heavy atom. The first-order valence-electron chi connectivity index (χ1n) is 9.36. The van der Waals surface area contributed by atoms with Gasteiger partial charge in [0, 0.05) is 13.1 Å². The molecule has 7 unspecified atom stereocenters. The molecule has 31 heavy (non-hydrogen) atoms. The molecule has 14 heteroatoms. The van der Waals surface area contributed by atoms with Crippen molar-refractivity contribution in [3.63, 3.8) is 0 Å². The number of carbonyl (C=O) groups is 5. The Balaban J connectivity index is 5.51. The molecule has 0 aliphatic carbocycles. The third-order valence-corrected chi connectivity index (χ3v) is 4.38. The number of nitrogens with two attached hydrogens (primary N) is 1. The minimum absolute atomic E-state index is 0.459. The molecule has 4 amide bonds. The number of hydrogen-bond donors (Lipinski definition) is 9. The van der Waals surface area contributed by atoms with E-state index in [0.29, 0.717) is 0 Å². The van der Waals surface area contributed by atoms with E-state index in [1.54, 1.807) is 0 Å². The Labute approximate surface area is 178 Å². The summed E-state index contributed by atoms with van der Waals surface area (Å²) >= 11 is 0. The number of carboxylic acid groups (broad SMARTS) is 1. The Bertz CT molecular complexity index is 670. The number of nitrogens with one attached hydrogen (secondary N) is 4. The molecule has 0 aliphatic heterocycles. The molecule has 178 valence electrons. The van der Waals surface area contributed by atoms with Crippen LogP contribution in [0.2, 0.25) is 0 Å². The van der Waals surface area contributed by atoms with Crippen LogP contribution in [0.15, 0.2) is 0 Å². The van der Waals surface area contributed by atoms with Crippen LogP contribution >= 0.6 is 0 Å². The van der Waals surface area contributed by atoms with E-state index in [4.69, 9.17) is 10.8 Å². The van der Waals surface area contributed by atoms with E-state index in [1.165, 1.54) is 20.9 Å². The lowest BCUT2D eigenvalue weighted by Crippen LogP contribution is -2.62. The molecule has 0 fully saturated rings. The van der Waals surface area contributed by atoms with Crippen LogP contribution in [-0.2, 0) is 24.0 Å². The molecule has 0 saturated carbocycles. The van der Waals surface area contributed by atoms with Gasteiger partial charge in [0.25, 0.3) is 0 Å². The summed E-state index contributed by atoms with van der Waals surface area (Å²) in [5, 5.41) is 47.0. The normalized spacial score (nSPS) is 17.7. The highest BCUT2D eigenvalue weighted by Gasteiger charge is 2.38. The van der Waals surface area contributed by atoms with E-state index in [9.17, 15) is 39.3 Å². The summed E-state index contributed by atoms with van der Waals surface area (Å²) < 4.78 is 0. The Kier molecular flexibility index (Phi) is 11.6. The smallest absolute Gasteiger partial charge is 0.335 e. The van der Waals surface area contributed by atoms with Crippen molar-refractivity contribution in [2.45, 2.75) is 57.2 Å². The van der Waals surface area contributed by atoms with Crippen molar-refractivity contribution in [2.75, 3.05) is 13.6 Å². The van der Waals surface area contributed by atoms with Gasteiger partial charge in [0.2, 0.25) is 23.6 Å². The molecule has 0 aromatic heterocycles. The first-order chi connectivity index (χ1) is 14.2. The zero-order valence-electron chi connectivity index (χ0n) is 17.7. The second kappa shape index (κ2) is 12.8. The Hall–Kier alpha value is -2.81. The summed E-state index contributed by atoms with van der Waals surface area (Å²) in [5.41, 5.74) is 5.51. The summed E-state index contributed by atoms with van der Waals surface area (Å²) in [6.07, 6.45) is -5.22. The molecule has 0 bridgehead atoms. The van der Waals surface area contributed by atoms with Gasteiger partial charge in [0.05, 0.1) is 24.7 Å². The molecule has 0 radical (unpaired) electrons. The molecule has 0 rings (SSSR count). The van der Waals surface area contributed by atoms with Crippen molar-refractivity contribution in [1.29, 1.82) is 0 Å². The molecule has 7 atom stereocenters. The lowest BCUT2D eigenvalue weighted by Gasteiger charge is -2.28. The summed E-state index contributed by atoms with van der Waals surface area (Å²) in [6.45, 7) is 3.39. The number of aliphatic carboxylic acids is 1. The maximum Gasteiger partial charge on any atom is 0.335 e. The average Bonchev–Trinajstić information content (AvgIpc) is 2.70. The number of rotatable bonds is 12. The van der Waals surface area contributed by atoms with E-state index < -0.39 is 78.5 Å². The summed E-state index contributed by atoms with van der Waals surface area (Å²) in [4.78, 5) is 59.5. The minimum atomic E-state index is -2.41. The predicted molar refractivity (Wildman–Crippen MR) is 105 cm³/mol. The van der Waals surface area contributed by atoms with Gasteiger partial charge in [0.1, 0.15) is 12.1 Å². The van der Waals surface area contributed by atoms with Gasteiger partial charge in [-0.1, -0.05) is 6.92 Å². The maximum absolute atomic E-state index is 12.6. The molecule has 0 saturated heterocycles. The van der Waals surface area contributed by atoms with E-state index in [0.717, 1.165) is 6.92 Å². The fourth-order valence-electron chi connectivity index (χ4n) is 2.34. The van der Waals surface area contributed by atoms with Gasteiger partial charge in [-0.15, -0.1) is 0 Å². The van der Waals surface area contributed by atoms with E-state index >= 15 is 0 Å². The summed E-state index contributed by atoms with van der Waals surface area (Å²) in [5.74, 6) is -6.83. The SMILES string of the molecule is CNC(=O)CNC(=O)C(NC(=O)C(NC(=O)C(C)C(O)C(C)N)C(O)C(=O)O)C(C)O. The van der Waals surface area contributed by atoms with Crippen molar-refractivity contribution in [2.24, 2.45) is 11.7 Å². The number of aliphatic hydroxyl groups is 3. The second-order valence-corrected chi connectivity index (χ2v) is 7.03. The molecule has 0 aromatic carbocycles. The van der Waals surface area contributed by atoms with Crippen molar-refractivity contribution < 1.29 is 44.4 Å². The molecular weight excluding hydrogens is 418 g/mol. The number of hydrogen-bond acceptors (Lipinski definition) is 9. The molecule has 0 heterocycles. The lowest BCUT2D eigenvalue weighted by atomic mass is 9.97. The van der Waals surface area contributed by atoms with Crippen LogP contribution in [0, 0.1) is 5.92 Å². The van der Waals surface area contributed by atoms with Gasteiger partial charge in [-0.3, -0.25) is 19.2 Å². The van der Waals surface area contributed by atoms with Crippen molar-refractivity contribution in [3.05, 3.63) is 0 Å². The predicted octanol–water partition coefficient (Wildman–Crippen LogP) is -5.01. The lowest BCUT2D eigenvalue weighted by molar-refractivity contribution is -0.152. The van der Waals surface area contributed by atoms with Gasteiger partial charge in [-0.25, -0.2) is 4.79 Å². The van der Waals surface area contributed by atoms with Gasteiger partial charge in [0.15, 0.2) is 6.10 Å². The van der Waals surface area contributed by atoms with E-state index in [2.05, 4.69) is 10.6 Å². The van der Waals surface area contributed by atoms with Crippen LogP contribution in [-0.4, -0.2) is 100 Å². The fourth-order valence-corrected chi connectivity index (χ4v) is 2.34. The zero-order chi connectivity index (χ0) is 24.5. The zero-order valence-corrected chi connectivity index (χ0v) is 17.7. The molecule has 0 spiro atoms. The van der Waals surface area contributed by atoms with Gasteiger partial charge < -0.3 is 47.4 Å². The molecule has 14 nitrogen and oxygen atoms in total. The second-order valence-electron chi connectivity index (χ2n) is 7.03. The van der Waals surface area contributed by atoms with Gasteiger partial charge in [-0.2, -0.15) is 0 Å². The van der Waals surface area contributed by atoms with E-state index in [-0.39, 0.29) is 0 Å². The van der Waals surface area contributed by atoms with Crippen LogP contribution < -0.4 is 27.0 Å². The third kappa shape index (κ3) is 8.84. The molecule has 0 aliphatic rings. The summed E-state index contributed by atoms with van der Waals surface area (Å²) in [7, 11) is 1.33. The van der Waals surface area contributed by atoms with Crippen LogP contribution in [0.5, 0.6) is 0 Å². The number of carboxylic acids is 1. The number of aliphatic hydroxyl groups excluding tert-OH is 3. The van der Waals surface area contributed by atoms with Gasteiger partial charge in [-0.05, 0) is 13.8 Å². The number of amides is 4. The summed E-state index contributed by atoms with van der Waals surface area (Å²) in [6, 6.07) is -4.52.